The van der Waals surface area contributed by atoms with Crippen molar-refractivity contribution in [3.63, 3.8) is 0 Å². The monoisotopic (exact) mass is 457 g/mol. The van der Waals surface area contributed by atoms with Crippen LogP contribution < -0.4 is 19.5 Å². The van der Waals surface area contributed by atoms with Crippen molar-refractivity contribution in [2.45, 2.75) is 17.4 Å². The van der Waals surface area contributed by atoms with Gasteiger partial charge >= 0.3 is 0 Å². The van der Waals surface area contributed by atoms with Gasteiger partial charge < -0.3 is 24.6 Å². The van der Waals surface area contributed by atoms with Gasteiger partial charge in [-0.25, -0.2) is 4.98 Å². The first-order valence-corrected chi connectivity index (χ1v) is 10.8. The second-order valence-corrected chi connectivity index (χ2v) is 7.87. The minimum atomic E-state index is -1.69. The molecule has 2 heterocycles. The van der Waals surface area contributed by atoms with Crippen molar-refractivity contribution >= 4 is 22.4 Å². The molecule has 0 bridgehead atoms. The third-order valence-electron chi connectivity index (χ3n) is 4.56. The summed E-state index contributed by atoms with van der Waals surface area (Å²) in [5, 5.41) is 12.1. The topological polar surface area (TPSA) is 120 Å². The van der Waals surface area contributed by atoms with Crippen molar-refractivity contribution in [3.8, 4) is 17.2 Å². The van der Waals surface area contributed by atoms with Crippen LogP contribution in [0.2, 0.25) is 0 Å². The standard InChI is InChI=1S/C22H23N3O6S/c1-29-16-10-19(30-2)18(20(11-16)31-3)13-32(28)22-17(5-4-7-24-22)21(27)25-14-6-8-23-15(9-14)12-26/h4-11,26H,12-13H2,1-3H3,(H,23,25,27). The van der Waals surface area contributed by atoms with E-state index in [1.165, 1.54) is 33.7 Å². The summed E-state index contributed by atoms with van der Waals surface area (Å²) < 4.78 is 29.4. The van der Waals surface area contributed by atoms with Crippen LogP contribution in [0.5, 0.6) is 17.2 Å². The number of nitrogens with one attached hydrogen (secondary N) is 1. The number of benzene rings is 1. The van der Waals surface area contributed by atoms with E-state index in [1.807, 2.05) is 0 Å². The molecule has 0 radical (unpaired) electrons. The number of hydrogen-bond acceptors (Lipinski definition) is 8. The van der Waals surface area contributed by atoms with Crippen molar-refractivity contribution < 1.29 is 28.3 Å². The number of nitrogens with zero attached hydrogens (tertiary/aromatic N) is 2. The van der Waals surface area contributed by atoms with Gasteiger partial charge in [0.25, 0.3) is 5.91 Å². The molecule has 10 heteroatoms. The van der Waals surface area contributed by atoms with E-state index < -0.39 is 16.7 Å². The van der Waals surface area contributed by atoms with Crippen LogP contribution in [0.1, 0.15) is 21.6 Å². The molecule has 2 aromatic heterocycles. The number of aliphatic hydroxyl groups excluding tert-OH is 1. The van der Waals surface area contributed by atoms with E-state index in [9.17, 15) is 14.1 Å². The van der Waals surface area contributed by atoms with Gasteiger partial charge in [0.1, 0.15) is 22.3 Å². The SMILES string of the molecule is COc1cc(OC)c(CS(=O)c2ncccc2C(=O)Nc2ccnc(CO)c2)c(OC)c1. The molecular weight excluding hydrogens is 434 g/mol. The molecule has 0 fully saturated rings. The molecule has 0 saturated carbocycles. The molecule has 0 saturated heterocycles. The average molecular weight is 458 g/mol. The third-order valence-corrected chi connectivity index (χ3v) is 5.87. The van der Waals surface area contributed by atoms with Crippen LogP contribution in [-0.2, 0) is 23.2 Å². The van der Waals surface area contributed by atoms with Crippen LogP contribution in [0.25, 0.3) is 0 Å². The second kappa shape index (κ2) is 10.7. The fourth-order valence-corrected chi connectivity index (χ4v) is 4.27. The maximum atomic E-state index is 13.3. The Kier molecular flexibility index (Phi) is 7.74. The van der Waals surface area contributed by atoms with Crippen LogP contribution in [0.3, 0.4) is 0 Å². The van der Waals surface area contributed by atoms with Gasteiger partial charge in [0.2, 0.25) is 0 Å². The number of aliphatic hydroxyl groups is 1. The molecule has 1 unspecified atom stereocenters. The number of methoxy groups -OCH3 is 3. The van der Waals surface area contributed by atoms with E-state index >= 15 is 0 Å². The van der Waals surface area contributed by atoms with Gasteiger partial charge in [0.05, 0.1) is 55.7 Å². The van der Waals surface area contributed by atoms with E-state index in [0.29, 0.717) is 34.2 Å². The Labute approximate surface area is 187 Å². The summed E-state index contributed by atoms with van der Waals surface area (Å²) in [6.45, 7) is -0.253. The van der Waals surface area contributed by atoms with E-state index in [0.717, 1.165) is 0 Å². The second-order valence-electron chi connectivity index (χ2n) is 6.50. The summed E-state index contributed by atoms with van der Waals surface area (Å²) in [4.78, 5) is 21.1. The number of aromatic nitrogens is 2. The molecule has 0 spiro atoms. The minimum Gasteiger partial charge on any atom is -0.496 e. The molecule has 3 rings (SSSR count). The van der Waals surface area contributed by atoms with E-state index in [-0.39, 0.29) is 22.9 Å². The highest BCUT2D eigenvalue weighted by Gasteiger charge is 2.22. The van der Waals surface area contributed by atoms with Gasteiger partial charge in [-0.15, -0.1) is 0 Å². The zero-order valence-corrected chi connectivity index (χ0v) is 18.6. The summed E-state index contributed by atoms with van der Waals surface area (Å²) in [5.41, 5.74) is 1.59. The van der Waals surface area contributed by atoms with Crippen LogP contribution >= 0.6 is 0 Å². The molecule has 1 amide bonds. The third kappa shape index (κ3) is 5.21. The van der Waals surface area contributed by atoms with Crippen molar-refractivity contribution in [2.75, 3.05) is 26.6 Å². The lowest BCUT2D eigenvalue weighted by Crippen LogP contribution is -2.16. The van der Waals surface area contributed by atoms with Gasteiger partial charge in [-0.1, -0.05) is 0 Å². The van der Waals surface area contributed by atoms with Gasteiger partial charge in [0, 0.05) is 35.8 Å². The van der Waals surface area contributed by atoms with Crippen LogP contribution in [-0.4, -0.2) is 46.5 Å². The Balaban J connectivity index is 1.90. The summed E-state index contributed by atoms with van der Waals surface area (Å²) in [7, 11) is 2.83. The largest absolute Gasteiger partial charge is 0.496 e. The zero-order valence-electron chi connectivity index (χ0n) is 17.8. The Morgan fingerprint density at radius 1 is 1.03 bits per heavy atom. The summed E-state index contributed by atoms with van der Waals surface area (Å²) >= 11 is 0. The van der Waals surface area contributed by atoms with Gasteiger partial charge in [-0.2, -0.15) is 0 Å². The number of rotatable bonds is 9. The molecule has 9 nitrogen and oxygen atoms in total. The lowest BCUT2D eigenvalue weighted by Gasteiger charge is -2.15. The van der Waals surface area contributed by atoms with Gasteiger partial charge in [0.15, 0.2) is 0 Å². The van der Waals surface area contributed by atoms with Crippen molar-refractivity contribution in [3.05, 3.63) is 65.6 Å². The normalized spacial score (nSPS) is 11.5. The number of carbonyl (C=O) groups excluding carboxylic acids is 1. The van der Waals surface area contributed by atoms with E-state index in [4.69, 9.17) is 14.2 Å². The number of amides is 1. The van der Waals surface area contributed by atoms with Crippen LogP contribution in [0.4, 0.5) is 5.69 Å². The molecule has 3 aromatic rings. The highest BCUT2D eigenvalue weighted by molar-refractivity contribution is 7.84. The molecule has 2 N–H and O–H groups in total. The molecular formula is C22H23N3O6S. The Hall–Kier alpha value is -3.50. The molecule has 0 aliphatic carbocycles. The lowest BCUT2D eigenvalue weighted by atomic mass is 10.2. The Bertz CT molecular complexity index is 1110. The highest BCUT2D eigenvalue weighted by Crippen LogP contribution is 2.35. The molecule has 0 aliphatic rings. The fourth-order valence-electron chi connectivity index (χ4n) is 3.01. The number of hydrogen-bond donors (Lipinski definition) is 2. The first-order chi connectivity index (χ1) is 15.5. The molecule has 0 aliphatic heterocycles. The number of ether oxygens (including phenoxy) is 3. The Morgan fingerprint density at radius 3 is 2.38 bits per heavy atom. The predicted octanol–water partition coefficient (Wildman–Crippen LogP) is 2.55. The first kappa shape index (κ1) is 23.2. The van der Waals surface area contributed by atoms with Gasteiger partial charge in [-0.05, 0) is 24.3 Å². The first-order valence-electron chi connectivity index (χ1n) is 9.50. The minimum absolute atomic E-state index is 0.0115. The number of anilines is 1. The predicted molar refractivity (Wildman–Crippen MR) is 119 cm³/mol. The lowest BCUT2D eigenvalue weighted by molar-refractivity contribution is 0.102. The fraction of sp³-hybridized carbons (Fsp3) is 0.227. The van der Waals surface area contributed by atoms with Crippen molar-refractivity contribution in [1.82, 2.24) is 9.97 Å². The molecule has 1 aromatic carbocycles. The quantitative estimate of drug-likeness (QED) is 0.503. The Morgan fingerprint density at radius 2 is 1.75 bits per heavy atom. The molecule has 1 atom stereocenters. The van der Waals surface area contributed by atoms with E-state index in [2.05, 4.69) is 15.3 Å². The highest BCUT2D eigenvalue weighted by atomic mass is 32.2. The zero-order chi connectivity index (χ0) is 23.1. The molecule has 32 heavy (non-hydrogen) atoms. The number of carbonyl (C=O) groups is 1. The maximum Gasteiger partial charge on any atom is 0.258 e. The van der Waals surface area contributed by atoms with Crippen molar-refractivity contribution in [2.24, 2.45) is 0 Å². The maximum absolute atomic E-state index is 13.3. The molecule has 168 valence electrons. The average Bonchev–Trinajstić information content (AvgIpc) is 2.83. The van der Waals surface area contributed by atoms with Crippen molar-refractivity contribution in [1.29, 1.82) is 0 Å². The van der Waals surface area contributed by atoms with Crippen LogP contribution in [0.15, 0.2) is 53.8 Å². The smallest absolute Gasteiger partial charge is 0.258 e. The van der Waals surface area contributed by atoms with Crippen LogP contribution in [0, 0.1) is 0 Å². The number of pyridine rings is 2. The summed E-state index contributed by atoms with van der Waals surface area (Å²) in [6, 6.07) is 9.63. The van der Waals surface area contributed by atoms with E-state index in [1.54, 1.807) is 36.4 Å². The summed E-state index contributed by atoms with van der Waals surface area (Å²) in [5.74, 6) is 0.961. The summed E-state index contributed by atoms with van der Waals surface area (Å²) in [6.07, 6.45) is 2.95. The van der Waals surface area contributed by atoms with Gasteiger partial charge in [-0.3, -0.25) is 14.0 Å².